The summed E-state index contributed by atoms with van der Waals surface area (Å²) in [5, 5.41) is 0. The highest BCUT2D eigenvalue weighted by molar-refractivity contribution is 6.10. The van der Waals surface area contributed by atoms with E-state index in [1.165, 1.54) is 11.1 Å². The van der Waals surface area contributed by atoms with E-state index in [1.54, 1.807) is 0 Å². The Morgan fingerprint density at radius 1 is 0.562 bits per heavy atom. The van der Waals surface area contributed by atoms with Gasteiger partial charge in [-0.15, -0.1) is 0 Å². The van der Waals surface area contributed by atoms with Crippen LogP contribution in [-0.2, 0) is 0 Å². The van der Waals surface area contributed by atoms with E-state index in [0.29, 0.717) is 16.6 Å². The summed E-state index contributed by atoms with van der Waals surface area (Å²) in [6, 6.07) is 31.5. The molecule has 0 bridgehead atoms. The molecular formula is C29H22N2O. The topological polar surface area (TPSA) is 42.9 Å². The molecule has 154 valence electrons. The van der Waals surface area contributed by atoms with E-state index in [2.05, 4.69) is 62.4 Å². The molecule has 0 aliphatic rings. The van der Waals surface area contributed by atoms with Crippen molar-refractivity contribution < 1.29 is 4.79 Å². The predicted molar refractivity (Wildman–Crippen MR) is 130 cm³/mol. The van der Waals surface area contributed by atoms with Crippen LogP contribution in [-0.4, -0.2) is 15.8 Å². The average Bonchev–Trinajstić information content (AvgIpc) is 2.84. The van der Waals surface area contributed by atoms with Gasteiger partial charge >= 0.3 is 0 Å². The van der Waals surface area contributed by atoms with Gasteiger partial charge in [-0.25, -0.2) is 9.97 Å². The van der Waals surface area contributed by atoms with Crippen molar-refractivity contribution in [1.82, 2.24) is 9.97 Å². The summed E-state index contributed by atoms with van der Waals surface area (Å²) in [7, 11) is 0. The minimum atomic E-state index is -0.0196. The molecule has 1 aromatic heterocycles. The van der Waals surface area contributed by atoms with Crippen molar-refractivity contribution in [1.29, 1.82) is 0 Å². The third-order valence-corrected chi connectivity index (χ3v) is 5.61. The number of hydrogen-bond acceptors (Lipinski definition) is 3. The fourth-order valence-electron chi connectivity index (χ4n) is 3.78. The van der Waals surface area contributed by atoms with Gasteiger partial charge in [-0.3, -0.25) is 4.79 Å². The number of hydrogen-bond donors (Lipinski definition) is 0. The third kappa shape index (κ3) is 3.81. The van der Waals surface area contributed by atoms with Crippen molar-refractivity contribution in [2.24, 2.45) is 0 Å². The molecule has 5 rings (SSSR count). The molecule has 0 amide bonds. The van der Waals surface area contributed by atoms with Crippen molar-refractivity contribution in [3.63, 3.8) is 0 Å². The van der Waals surface area contributed by atoms with Gasteiger partial charge in [0.2, 0.25) is 0 Å². The molecule has 0 saturated heterocycles. The van der Waals surface area contributed by atoms with Gasteiger partial charge in [0.1, 0.15) is 0 Å². The fraction of sp³-hybridized carbons (Fsp3) is 0.0690. The van der Waals surface area contributed by atoms with Crippen LogP contribution in [0, 0.1) is 13.8 Å². The molecule has 3 heteroatoms. The van der Waals surface area contributed by atoms with Gasteiger partial charge in [0.25, 0.3) is 0 Å². The maximum atomic E-state index is 13.0. The lowest BCUT2D eigenvalue weighted by molar-refractivity contribution is 0.103. The summed E-state index contributed by atoms with van der Waals surface area (Å²) in [6.07, 6.45) is 0. The number of carbonyl (C=O) groups is 1. The number of ketones is 1. The monoisotopic (exact) mass is 414 g/mol. The second-order valence-corrected chi connectivity index (χ2v) is 8.05. The maximum absolute atomic E-state index is 13.0. The van der Waals surface area contributed by atoms with E-state index < -0.39 is 0 Å². The Bertz CT molecular complexity index is 1420. The van der Waals surface area contributed by atoms with Crippen LogP contribution in [0.5, 0.6) is 0 Å². The summed E-state index contributed by atoms with van der Waals surface area (Å²) in [4.78, 5) is 22.9. The van der Waals surface area contributed by atoms with Crippen molar-refractivity contribution in [3.8, 4) is 22.5 Å². The SMILES string of the molecule is Cc1ccc(-c2nc3ccc(C(=O)c4ccccc4)cc3nc2-c2ccc(C)cc2)cc1. The van der Waals surface area contributed by atoms with Gasteiger partial charge in [0.05, 0.1) is 22.4 Å². The van der Waals surface area contributed by atoms with Crippen LogP contribution in [0.1, 0.15) is 27.0 Å². The van der Waals surface area contributed by atoms with Gasteiger partial charge < -0.3 is 0 Å². The maximum Gasteiger partial charge on any atom is 0.193 e. The normalized spacial score (nSPS) is 10.9. The van der Waals surface area contributed by atoms with E-state index in [-0.39, 0.29) is 5.78 Å². The van der Waals surface area contributed by atoms with Crippen LogP contribution in [0.25, 0.3) is 33.5 Å². The van der Waals surface area contributed by atoms with E-state index >= 15 is 0 Å². The Hall–Kier alpha value is -4.11. The lowest BCUT2D eigenvalue weighted by Gasteiger charge is -2.12. The van der Waals surface area contributed by atoms with E-state index in [1.807, 2.05) is 48.5 Å². The summed E-state index contributed by atoms with van der Waals surface area (Å²) in [6.45, 7) is 4.14. The number of aryl methyl sites for hydroxylation is 2. The van der Waals surface area contributed by atoms with Gasteiger partial charge in [0, 0.05) is 22.3 Å². The van der Waals surface area contributed by atoms with Gasteiger partial charge in [-0.1, -0.05) is 90.0 Å². The summed E-state index contributed by atoms with van der Waals surface area (Å²) < 4.78 is 0. The molecule has 0 spiro atoms. The summed E-state index contributed by atoms with van der Waals surface area (Å²) in [5.41, 5.74) is 8.79. The highest BCUT2D eigenvalue weighted by Gasteiger charge is 2.15. The zero-order valence-electron chi connectivity index (χ0n) is 18.0. The molecule has 5 aromatic rings. The van der Waals surface area contributed by atoms with Crippen LogP contribution in [0.15, 0.2) is 97.1 Å². The van der Waals surface area contributed by atoms with Crippen molar-refractivity contribution in [3.05, 3.63) is 119 Å². The highest BCUT2D eigenvalue weighted by Crippen LogP contribution is 2.31. The van der Waals surface area contributed by atoms with Gasteiger partial charge in [0.15, 0.2) is 5.78 Å². The Balaban J connectivity index is 1.69. The molecule has 0 unspecified atom stereocenters. The first-order valence-corrected chi connectivity index (χ1v) is 10.6. The molecule has 0 aliphatic heterocycles. The van der Waals surface area contributed by atoms with Crippen LogP contribution < -0.4 is 0 Å². The number of rotatable bonds is 4. The molecule has 3 nitrogen and oxygen atoms in total. The number of fused-ring (bicyclic) bond motifs is 1. The number of aromatic nitrogens is 2. The van der Waals surface area contributed by atoms with Crippen molar-refractivity contribution >= 4 is 16.8 Å². The Kier molecular flexibility index (Phi) is 5.08. The number of benzene rings is 4. The zero-order valence-corrected chi connectivity index (χ0v) is 18.0. The molecular weight excluding hydrogens is 392 g/mol. The van der Waals surface area contributed by atoms with Gasteiger partial charge in [-0.2, -0.15) is 0 Å². The summed E-state index contributed by atoms with van der Waals surface area (Å²) >= 11 is 0. The number of nitrogens with zero attached hydrogens (tertiary/aromatic N) is 2. The van der Waals surface area contributed by atoms with Crippen LogP contribution in [0.4, 0.5) is 0 Å². The third-order valence-electron chi connectivity index (χ3n) is 5.61. The Morgan fingerprint density at radius 3 is 1.66 bits per heavy atom. The molecule has 0 fully saturated rings. The first-order chi connectivity index (χ1) is 15.6. The quantitative estimate of drug-likeness (QED) is 0.303. The first-order valence-electron chi connectivity index (χ1n) is 10.6. The summed E-state index contributed by atoms with van der Waals surface area (Å²) in [5.74, 6) is -0.0196. The fourth-order valence-corrected chi connectivity index (χ4v) is 3.78. The standard InChI is InChI=1S/C29H22N2O/c1-19-8-12-21(13-9-19)27-28(22-14-10-20(2)11-15-22)31-26-18-24(16-17-25(26)30-27)29(32)23-6-4-3-5-7-23/h3-18H,1-2H3. The molecule has 0 radical (unpaired) electrons. The van der Waals surface area contributed by atoms with E-state index in [0.717, 1.165) is 28.0 Å². The number of carbonyl (C=O) groups excluding carboxylic acids is 1. The second kappa shape index (κ2) is 8.20. The van der Waals surface area contributed by atoms with Crippen LogP contribution in [0.2, 0.25) is 0 Å². The van der Waals surface area contributed by atoms with E-state index in [4.69, 9.17) is 9.97 Å². The van der Waals surface area contributed by atoms with Crippen LogP contribution in [0.3, 0.4) is 0 Å². The predicted octanol–water partition coefficient (Wildman–Crippen LogP) is 6.81. The zero-order chi connectivity index (χ0) is 22.1. The van der Waals surface area contributed by atoms with Crippen molar-refractivity contribution in [2.75, 3.05) is 0 Å². The van der Waals surface area contributed by atoms with E-state index in [9.17, 15) is 4.79 Å². The smallest absolute Gasteiger partial charge is 0.193 e. The van der Waals surface area contributed by atoms with Crippen LogP contribution >= 0.6 is 0 Å². The minimum absolute atomic E-state index is 0.0196. The van der Waals surface area contributed by atoms with Crippen molar-refractivity contribution in [2.45, 2.75) is 13.8 Å². The Morgan fingerprint density at radius 2 is 1.09 bits per heavy atom. The molecule has 0 N–H and O–H groups in total. The molecule has 1 heterocycles. The lowest BCUT2D eigenvalue weighted by atomic mass is 10.0. The lowest BCUT2D eigenvalue weighted by Crippen LogP contribution is -2.02. The highest BCUT2D eigenvalue weighted by atomic mass is 16.1. The van der Waals surface area contributed by atoms with Gasteiger partial charge in [-0.05, 0) is 32.0 Å². The second-order valence-electron chi connectivity index (χ2n) is 8.05. The molecule has 32 heavy (non-hydrogen) atoms. The molecule has 0 aliphatic carbocycles. The molecule has 4 aromatic carbocycles. The Labute approximate surface area is 187 Å². The largest absolute Gasteiger partial charge is 0.289 e. The molecule has 0 saturated carbocycles. The first kappa shape index (κ1) is 19.8. The molecule has 0 atom stereocenters. The minimum Gasteiger partial charge on any atom is -0.289 e. The average molecular weight is 415 g/mol.